The second-order valence-electron chi connectivity index (χ2n) is 9.83. The van der Waals surface area contributed by atoms with Crippen LogP contribution in [0.15, 0.2) is 35.4 Å². The summed E-state index contributed by atoms with van der Waals surface area (Å²) in [6, 6.07) is 6.57. The van der Waals surface area contributed by atoms with E-state index in [1.54, 1.807) is 18.2 Å². The lowest BCUT2D eigenvalue weighted by Crippen LogP contribution is -2.25. The van der Waals surface area contributed by atoms with Crippen molar-refractivity contribution in [2.24, 2.45) is 5.41 Å². The van der Waals surface area contributed by atoms with Gasteiger partial charge in [0.25, 0.3) is 0 Å². The van der Waals surface area contributed by atoms with Crippen molar-refractivity contribution < 1.29 is 23.6 Å². The maximum Gasteiger partial charge on any atom is 0.337 e. The summed E-state index contributed by atoms with van der Waals surface area (Å²) < 4.78 is 14.3. The normalized spacial score (nSPS) is 12.7. The third kappa shape index (κ3) is 10.5. The predicted molar refractivity (Wildman–Crippen MR) is 152 cm³/mol. The summed E-state index contributed by atoms with van der Waals surface area (Å²) in [5, 5.41) is 9.60. The van der Waals surface area contributed by atoms with Gasteiger partial charge in [-0.25, -0.2) is 9.78 Å². The first kappa shape index (κ1) is 30.8. The van der Waals surface area contributed by atoms with Gasteiger partial charge in [0.1, 0.15) is 16.4 Å². The Balaban J connectivity index is 1.87. The SMILES string of the molecule is CP(CC(C)(C)CCC(=O)OC(C)(C)C)SOc1ccc(SNc2ccc(C(=O)O)cn2)c(Cl)c1Cl. The standard InChI is InChI=1S/C24H31Cl2N2O5PS2/c1-23(2,3)32-19(29)11-12-24(4,5)14-34(6)36-33-16-8-9-17(21(26)20(16)25)35-28-18-10-7-15(13-27-18)22(30)31/h7-10,13H,11-12,14H2,1-6H3,(H,27,28)(H,30,31). The predicted octanol–water partition coefficient (Wildman–Crippen LogP) is 8.41. The Morgan fingerprint density at radius 1 is 1.11 bits per heavy atom. The van der Waals surface area contributed by atoms with Crippen LogP contribution in [0.25, 0.3) is 0 Å². The first-order chi connectivity index (χ1) is 16.7. The van der Waals surface area contributed by atoms with E-state index >= 15 is 0 Å². The number of rotatable bonds is 12. The van der Waals surface area contributed by atoms with Crippen LogP contribution in [-0.4, -0.2) is 40.5 Å². The smallest absolute Gasteiger partial charge is 0.337 e. The van der Waals surface area contributed by atoms with Gasteiger partial charge in [-0.1, -0.05) is 37.0 Å². The van der Waals surface area contributed by atoms with Gasteiger partial charge in [-0.15, -0.1) is 0 Å². The van der Waals surface area contributed by atoms with Crippen molar-refractivity contribution in [2.45, 2.75) is 58.0 Å². The Labute approximate surface area is 232 Å². The van der Waals surface area contributed by atoms with Crippen molar-refractivity contribution in [3.63, 3.8) is 0 Å². The number of aromatic nitrogens is 1. The van der Waals surface area contributed by atoms with Crippen molar-refractivity contribution >= 4 is 71.7 Å². The molecule has 2 rings (SSSR count). The molecule has 0 saturated heterocycles. The van der Waals surface area contributed by atoms with Crippen LogP contribution >= 0.6 is 53.9 Å². The second kappa shape index (κ2) is 13.4. The highest BCUT2D eigenvalue weighted by atomic mass is 35.5. The first-order valence-electron chi connectivity index (χ1n) is 11.0. The highest BCUT2D eigenvalue weighted by Gasteiger charge is 2.25. The van der Waals surface area contributed by atoms with Gasteiger partial charge in [0.15, 0.2) is 5.75 Å². The van der Waals surface area contributed by atoms with Crippen LogP contribution in [0.5, 0.6) is 5.75 Å². The molecular formula is C24H31Cl2N2O5PS2. The maximum absolute atomic E-state index is 12.1. The monoisotopic (exact) mass is 592 g/mol. The lowest BCUT2D eigenvalue weighted by Gasteiger charge is -2.28. The lowest BCUT2D eigenvalue weighted by molar-refractivity contribution is -0.155. The molecule has 0 fully saturated rings. The van der Waals surface area contributed by atoms with E-state index in [0.29, 0.717) is 32.9 Å². The van der Waals surface area contributed by atoms with E-state index in [1.165, 1.54) is 35.9 Å². The molecule has 0 bridgehead atoms. The van der Waals surface area contributed by atoms with Crippen LogP contribution in [-0.2, 0) is 9.53 Å². The number of pyridine rings is 1. The number of anilines is 1. The number of esters is 1. The molecule has 0 radical (unpaired) electrons. The number of carbonyl (C=O) groups is 2. The van der Waals surface area contributed by atoms with Gasteiger partial charge >= 0.3 is 11.9 Å². The topological polar surface area (TPSA) is 97.8 Å². The van der Waals surface area contributed by atoms with E-state index < -0.39 is 18.7 Å². The van der Waals surface area contributed by atoms with Gasteiger partial charge < -0.3 is 18.7 Å². The molecule has 0 aliphatic rings. The number of hydrogen-bond donors (Lipinski definition) is 2. The molecule has 36 heavy (non-hydrogen) atoms. The zero-order valence-corrected chi connectivity index (χ0v) is 25.1. The summed E-state index contributed by atoms with van der Waals surface area (Å²) in [6.45, 7) is 12.0. The zero-order chi connectivity index (χ0) is 27.1. The molecule has 12 heteroatoms. The highest BCUT2D eigenvalue weighted by Crippen LogP contribution is 2.53. The Morgan fingerprint density at radius 2 is 1.81 bits per heavy atom. The number of carboxylic acid groups (broad SMARTS) is 1. The molecule has 2 aromatic rings. The molecule has 0 aliphatic heterocycles. The summed E-state index contributed by atoms with van der Waals surface area (Å²) in [7, 11) is -0.551. The third-order valence-electron chi connectivity index (χ3n) is 4.62. The fourth-order valence-corrected chi connectivity index (χ4v) is 7.82. The quantitative estimate of drug-likeness (QED) is 0.109. The summed E-state index contributed by atoms with van der Waals surface area (Å²) in [5.74, 6) is -0.258. The number of nitrogens with one attached hydrogen (secondary N) is 1. The molecule has 7 nitrogen and oxygen atoms in total. The average molecular weight is 594 g/mol. The van der Waals surface area contributed by atoms with Crippen molar-refractivity contribution in [2.75, 3.05) is 17.5 Å². The summed E-state index contributed by atoms with van der Waals surface area (Å²) in [4.78, 5) is 27.7. The molecule has 0 saturated carbocycles. The summed E-state index contributed by atoms with van der Waals surface area (Å²) in [6.07, 6.45) is 3.28. The van der Waals surface area contributed by atoms with Crippen molar-refractivity contribution in [3.05, 3.63) is 46.1 Å². The number of halogens is 2. The zero-order valence-electron chi connectivity index (χ0n) is 21.1. The van der Waals surface area contributed by atoms with Gasteiger partial charge in [0, 0.05) is 17.5 Å². The minimum atomic E-state index is -1.04. The second-order valence-corrected chi connectivity index (χ2v) is 15.6. The van der Waals surface area contributed by atoms with Crippen LogP contribution in [0.1, 0.15) is 57.8 Å². The van der Waals surface area contributed by atoms with E-state index in [1.807, 2.05) is 20.8 Å². The maximum atomic E-state index is 12.1. The van der Waals surface area contributed by atoms with Crippen LogP contribution < -0.4 is 8.91 Å². The number of carbonyl (C=O) groups excluding carboxylic acids is 1. The average Bonchev–Trinajstić information content (AvgIpc) is 2.77. The van der Waals surface area contributed by atoms with Crippen LogP contribution in [0.4, 0.5) is 5.82 Å². The number of aromatic carboxylic acids is 1. The number of carboxylic acids is 1. The molecule has 1 heterocycles. The molecule has 1 unspecified atom stereocenters. The van der Waals surface area contributed by atoms with Gasteiger partial charge in [0.05, 0.1) is 22.2 Å². The van der Waals surface area contributed by atoms with Crippen molar-refractivity contribution in [3.8, 4) is 5.75 Å². The molecule has 1 aromatic carbocycles. The fraction of sp³-hybridized carbons (Fsp3) is 0.458. The Bertz CT molecular complexity index is 1070. The highest BCUT2D eigenvalue weighted by molar-refractivity contribution is 8.53. The van der Waals surface area contributed by atoms with Crippen molar-refractivity contribution in [1.29, 1.82) is 0 Å². The van der Waals surface area contributed by atoms with E-state index in [4.69, 9.17) is 37.2 Å². The minimum absolute atomic E-state index is 0.0436. The molecule has 198 valence electrons. The van der Waals surface area contributed by atoms with Crippen molar-refractivity contribution in [1.82, 2.24) is 4.98 Å². The van der Waals surface area contributed by atoms with E-state index in [2.05, 4.69) is 30.2 Å². The number of benzene rings is 1. The summed E-state index contributed by atoms with van der Waals surface area (Å²) in [5.41, 5.74) is -0.414. The molecule has 0 aliphatic carbocycles. The van der Waals surface area contributed by atoms with Crippen LogP contribution in [0.3, 0.4) is 0 Å². The molecule has 2 N–H and O–H groups in total. The minimum Gasteiger partial charge on any atom is -0.478 e. The van der Waals surface area contributed by atoms with Gasteiger partial charge in [-0.05, 0) is 88.8 Å². The molecule has 0 spiro atoms. The first-order valence-corrected chi connectivity index (χ1v) is 15.9. The lowest BCUT2D eigenvalue weighted by atomic mass is 9.90. The summed E-state index contributed by atoms with van der Waals surface area (Å²) >= 11 is 15.5. The van der Waals surface area contributed by atoms with E-state index in [-0.39, 0.29) is 16.9 Å². The fourth-order valence-electron chi connectivity index (χ4n) is 2.99. The largest absolute Gasteiger partial charge is 0.478 e. The Kier molecular flexibility index (Phi) is 11.5. The molecule has 1 aromatic heterocycles. The number of nitrogens with zero attached hydrogens (tertiary/aromatic N) is 1. The molecule has 0 amide bonds. The van der Waals surface area contributed by atoms with Gasteiger partial charge in [0.2, 0.25) is 0 Å². The third-order valence-corrected chi connectivity index (χ3v) is 9.65. The van der Waals surface area contributed by atoms with Crippen LogP contribution in [0, 0.1) is 5.41 Å². The number of hydrogen-bond acceptors (Lipinski definition) is 8. The Morgan fingerprint density at radius 3 is 2.39 bits per heavy atom. The molecule has 1 atom stereocenters. The van der Waals surface area contributed by atoms with Gasteiger partial charge in [-0.3, -0.25) is 4.79 Å². The molecular weight excluding hydrogens is 562 g/mol. The number of ether oxygens (including phenoxy) is 1. The van der Waals surface area contributed by atoms with E-state index in [9.17, 15) is 9.59 Å². The van der Waals surface area contributed by atoms with E-state index in [0.717, 1.165) is 12.6 Å². The van der Waals surface area contributed by atoms with Gasteiger partial charge in [-0.2, -0.15) is 0 Å². The Hall–Kier alpha value is -1.38. The van der Waals surface area contributed by atoms with Crippen LogP contribution in [0.2, 0.25) is 10.0 Å².